The third-order valence-electron chi connectivity index (χ3n) is 3.56. The van der Waals surface area contributed by atoms with E-state index in [1.807, 2.05) is 7.05 Å². The van der Waals surface area contributed by atoms with E-state index in [-0.39, 0.29) is 23.9 Å². The van der Waals surface area contributed by atoms with Crippen LogP contribution >= 0.6 is 0 Å². The van der Waals surface area contributed by atoms with Crippen LogP contribution in [-0.4, -0.2) is 38.0 Å². The van der Waals surface area contributed by atoms with Crippen molar-refractivity contribution in [3.8, 4) is 0 Å². The summed E-state index contributed by atoms with van der Waals surface area (Å²) in [7, 11) is 3.47. The molecule has 0 heterocycles. The van der Waals surface area contributed by atoms with E-state index in [9.17, 15) is 9.59 Å². The summed E-state index contributed by atoms with van der Waals surface area (Å²) < 4.78 is 0. The predicted octanol–water partition coefficient (Wildman–Crippen LogP) is 0.161. The van der Waals surface area contributed by atoms with Gasteiger partial charge < -0.3 is 16.0 Å². The molecule has 0 unspecified atom stereocenters. The normalized spacial score (nSPS) is 18.5. The molecule has 1 saturated carbocycles. The van der Waals surface area contributed by atoms with E-state index in [0.717, 1.165) is 12.8 Å². The van der Waals surface area contributed by atoms with E-state index < -0.39 is 0 Å². The monoisotopic (exact) mass is 241 g/mol. The second-order valence-electron chi connectivity index (χ2n) is 4.72. The van der Waals surface area contributed by atoms with Gasteiger partial charge in [-0.15, -0.1) is 0 Å². The van der Waals surface area contributed by atoms with Crippen LogP contribution in [0, 0.1) is 0 Å². The summed E-state index contributed by atoms with van der Waals surface area (Å²) in [6, 6.07) is 0. The Morgan fingerprint density at radius 3 is 2.24 bits per heavy atom. The molecule has 0 aromatic carbocycles. The SMILES string of the molecule is CNC(=O)CNC(=O)CC1(NC)CCCCC1. The van der Waals surface area contributed by atoms with Gasteiger partial charge in [0.15, 0.2) is 0 Å². The number of carbonyl (C=O) groups is 2. The molecule has 1 fully saturated rings. The molecule has 1 rings (SSSR count). The molecule has 17 heavy (non-hydrogen) atoms. The summed E-state index contributed by atoms with van der Waals surface area (Å²) in [6.45, 7) is 0.0646. The highest BCUT2D eigenvalue weighted by Gasteiger charge is 2.32. The molecule has 5 nitrogen and oxygen atoms in total. The highest BCUT2D eigenvalue weighted by molar-refractivity contribution is 5.84. The Morgan fingerprint density at radius 1 is 1.06 bits per heavy atom. The van der Waals surface area contributed by atoms with Gasteiger partial charge in [0, 0.05) is 19.0 Å². The quantitative estimate of drug-likeness (QED) is 0.642. The minimum absolute atomic E-state index is 0.0511. The Kier molecular flexibility index (Phi) is 5.41. The lowest BCUT2D eigenvalue weighted by Gasteiger charge is -2.36. The molecule has 0 aromatic heterocycles. The van der Waals surface area contributed by atoms with Crippen LogP contribution in [-0.2, 0) is 9.59 Å². The molecule has 3 N–H and O–H groups in total. The highest BCUT2D eigenvalue weighted by Crippen LogP contribution is 2.30. The number of rotatable bonds is 5. The highest BCUT2D eigenvalue weighted by atomic mass is 16.2. The molecule has 2 amide bonds. The first kappa shape index (κ1) is 14.0. The van der Waals surface area contributed by atoms with Gasteiger partial charge in [0.25, 0.3) is 0 Å². The molecule has 0 aromatic rings. The molecule has 98 valence electrons. The number of carbonyl (C=O) groups excluding carboxylic acids is 2. The molecular weight excluding hydrogens is 218 g/mol. The average molecular weight is 241 g/mol. The summed E-state index contributed by atoms with van der Waals surface area (Å²) in [6.07, 6.45) is 6.13. The van der Waals surface area contributed by atoms with E-state index >= 15 is 0 Å². The van der Waals surface area contributed by atoms with Crippen molar-refractivity contribution in [2.45, 2.75) is 44.1 Å². The van der Waals surface area contributed by atoms with E-state index in [1.54, 1.807) is 7.05 Å². The number of amides is 2. The van der Waals surface area contributed by atoms with Crippen LogP contribution in [0.25, 0.3) is 0 Å². The van der Waals surface area contributed by atoms with Gasteiger partial charge in [-0.1, -0.05) is 19.3 Å². The maximum absolute atomic E-state index is 11.8. The van der Waals surface area contributed by atoms with E-state index in [4.69, 9.17) is 0 Å². The molecular formula is C12H23N3O2. The van der Waals surface area contributed by atoms with Crippen molar-refractivity contribution in [1.82, 2.24) is 16.0 Å². The maximum atomic E-state index is 11.8. The zero-order valence-electron chi connectivity index (χ0n) is 10.8. The lowest BCUT2D eigenvalue weighted by atomic mass is 9.79. The fourth-order valence-electron chi connectivity index (χ4n) is 2.38. The molecule has 0 spiro atoms. The van der Waals surface area contributed by atoms with E-state index in [0.29, 0.717) is 6.42 Å². The van der Waals surface area contributed by atoms with Gasteiger partial charge >= 0.3 is 0 Å². The first-order chi connectivity index (χ1) is 8.12. The van der Waals surface area contributed by atoms with Gasteiger partial charge in [0.1, 0.15) is 0 Å². The predicted molar refractivity (Wildman–Crippen MR) is 66.6 cm³/mol. The number of hydrogen-bond donors (Lipinski definition) is 3. The van der Waals surface area contributed by atoms with Crippen LogP contribution in [0.2, 0.25) is 0 Å². The van der Waals surface area contributed by atoms with Crippen molar-refractivity contribution in [1.29, 1.82) is 0 Å². The van der Waals surface area contributed by atoms with Gasteiger partial charge in [-0.05, 0) is 19.9 Å². The first-order valence-corrected chi connectivity index (χ1v) is 6.28. The maximum Gasteiger partial charge on any atom is 0.239 e. The Bertz CT molecular complexity index is 273. The zero-order valence-corrected chi connectivity index (χ0v) is 10.8. The lowest BCUT2D eigenvalue weighted by Crippen LogP contribution is -2.49. The lowest BCUT2D eigenvalue weighted by molar-refractivity contribution is -0.127. The largest absolute Gasteiger partial charge is 0.358 e. The van der Waals surface area contributed by atoms with E-state index in [2.05, 4.69) is 16.0 Å². The van der Waals surface area contributed by atoms with Crippen molar-refractivity contribution in [2.75, 3.05) is 20.6 Å². The fraction of sp³-hybridized carbons (Fsp3) is 0.833. The van der Waals surface area contributed by atoms with Crippen molar-refractivity contribution in [3.05, 3.63) is 0 Å². The standard InChI is InChI=1S/C12H23N3O2/c1-13-11(17)9-15-10(16)8-12(14-2)6-4-3-5-7-12/h14H,3-9H2,1-2H3,(H,13,17)(H,15,16). The minimum Gasteiger partial charge on any atom is -0.358 e. The fourth-order valence-corrected chi connectivity index (χ4v) is 2.38. The second kappa shape index (κ2) is 6.59. The number of hydrogen-bond acceptors (Lipinski definition) is 3. The molecule has 1 aliphatic rings. The number of likely N-dealkylation sites (N-methyl/N-ethyl adjacent to an activating group) is 1. The minimum atomic E-state index is -0.166. The third kappa shape index (κ3) is 4.34. The Hall–Kier alpha value is -1.10. The molecule has 0 saturated heterocycles. The Labute approximate surface area is 103 Å². The summed E-state index contributed by atoms with van der Waals surface area (Å²) in [5.41, 5.74) is -0.0645. The molecule has 1 aliphatic carbocycles. The Balaban J connectivity index is 2.39. The van der Waals surface area contributed by atoms with Crippen molar-refractivity contribution in [3.63, 3.8) is 0 Å². The van der Waals surface area contributed by atoms with Gasteiger partial charge in [-0.2, -0.15) is 0 Å². The topological polar surface area (TPSA) is 70.2 Å². The van der Waals surface area contributed by atoms with Crippen LogP contribution in [0.5, 0.6) is 0 Å². The van der Waals surface area contributed by atoms with Crippen LogP contribution in [0.15, 0.2) is 0 Å². The van der Waals surface area contributed by atoms with Crippen LogP contribution in [0.1, 0.15) is 38.5 Å². The van der Waals surface area contributed by atoms with Crippen LogP contribution in [0.4, 0.5) is 0 Å². The van der Waals surface area contributed by atoms with Crippen LogP contribution < -0.4 is 16.0 Å². The summed E-state index contributed by atoms with van der Waals surface area (Å²) in [5, 5.41) is 8.42. The zero-order chi connectivity index (χ0) is 12.7. The molecule has 0 aliphatic heterocycles. The smallest absolute Gasteiger partial charge is 0.239 e. The molecule has 5 heteroatoms. The number of nitrogens with one attached hydrogen (secondary N) is 3. The average Bonchev–Trinajstić information content (AvgIpc) is 2.37. The van der Waals surface area contributed by atoms with Gasteiger partial charge in [0.05, 0.1) is 6.54 Å². The summed E-state index contributed by atoms with van der Waals surface area (Å²) in [4.78, 5) is 22.8. The third-order valence-corrected chi connectivity index (χ3v) is 3.56. The van der Waals surface area contributed by atoms with Crippen LogP contribution in [0.3, 0.4) is 0 Å². The molecule has 0 radical (unpaired) electrons. The Morgan fingerprint density at radius 2 is 1.71 bits per heavy atom. The van der Waals surface area contributed by atoms with Crippen molar-refractivity contribution in [2.24, 2.45) is 0 Å². The van der Waals surface area contributed by atoms with Gasteiger partial charge in [-0.25, -0.2) is 0 Å². The van der Waals surface area contributed by atoms with Crippen molar-refractivity contribution >= 4 is 11.8 Å². The van der Waals surface area contributed by atoms with Crippen molar-refractivity contribution < 1.29 is 9.59 Å². The molecule has 0 bridgehead atoms. The summed E-state index contributed by atoms with van der Waals surface area (Å²) in [5.74, 6) is -0.217. The van der Waals surface area contributed by atoms with Gasteiger partial charge in [0.2, 0.25) is 11.8 Å². The second-order valence-corrected chi connectivity index (χ2v) is 4.72. The van der Waals surface area contributed by atoms with Gasteiger partial charge in [-0.3, -0.25) is 9.59 Å². The summed E-state index contributed by atoms with van der Waals surface area (Å²) >= 11 is 0. The first-order valence-electron chi connectivity index (χ1n) is 6.28. The van der Waals surface area contributed by atoms with E-state index in [1.165, 1.54) is 19.3 Å². The molecule has 0 atom stereocenters.